The molecule has 1 spiro atoms. The molecular weight excluding hydrogens is 420 g/mol. The molecule has 3 N–H and O–H groups in total. The highest BCUT2D eigenvalue weighted by Gasteiger charge is 2.47. The van der Waals surface area contributed by atoms with Crippen LogP contribution in [0.1, 0.15) is 37.4 Å². The van der Waals surface area contributed by atoms with E-state index in [1.165, 1.54) is 0 Å². The first kappa shape index (κ1) is 23.1. The highest BCUT2D eigenvalue weighted by molar-refractivity contribution is 6.13. The van der Waals surface area contributed by atoms with Crippen LogP contribution in [0.2, 0.25) is 0 Å². The van der Waals surface area contributed by atoms with Gasteiger partial charge in [-0.2, -0.15) is 5.10 Å². The van der Waals surface area contributed by atoms with Gasteiger partial charge < -0.3 is 25.0 Å². The van der Waals surface area contributed by atoms with Crippen molar-refractivity contribution in [3.05, 3.63) is 35.5 Å². The number of nitrogens with one attached hydrogen (secondary N) is 1. The maximum Gasteiger partial charge on any atom is 0.228 e. The Kier molecular flexibility index (Phi) is 6.34. The number of carbonyl (C=O) groups is 1. The van der Waals surface area contributed by atoms with Crippen LogP contribution in [0.25, 0.3) is 0 Å². The lowest BCUT2D eigenvalue weighted by Crippen LogP contribution is -2.44. The molecular formula is C24H34N6O3. The molecule has 2 aliphatic rings. The summed E-state index contributed by atoms with van der Waals surface area (Å²) in [4.78, 5) is 16.8. The van der Waals surface area contributed by atoms with E-state index in [0.717, 1.165) is 44.7 Å². The SMILES string of the molecule is COC[C@H](C)Oc1ccc(N)c(C(=N)c2cc(N3CCC4(CCN(C)C4=O)CC3)n(C)n2)c1. The number of likely N-dealkylation sites (tertiary alicyclic amines) is 1. The topological polar surface area (TPSA) is 110 Å². The number of methoxy groups -OCH3 is 1. The van der Waals surface area contributed by atoms with Crippen molar-refractivity contribution in [1.82, 2.24) is 14.7 Å². The van der Waals surface area contributed by atoms with Gasteiger partial charge in [-0.25, -0.2) is 0 Å². The summed E-state index contributed by atoms with van der Waals surface area (Å²) in [6, 6.07) is 7.27. The van der Waals surface area contributed by atoms with Gasteiger partial charge in [0.05, 0.1) is 17.7 Å². The fourth-order valence-electron chi connectivity index (χ4n) is 4.96. The average Bonchev–Trinajstić information content (AvgIpc) is 3.31. The smallest absolute Gasteiger partial charge is 0.228 e. The number of benzene rings is 1. The van der Waals surface area contributed by atoms with E-state index in [1.807, 2.05) is 36.7 Å². The number of aryl methyl sites for hydroxylation is 1. The summed E-state index contributed by atoms with van der Waals surface area (Å²) >= 11 is 0. The Labute approximate surface area is 194 Å². The molecule has 9 heteroatoms. The van der Waals surface area contributed by atoms with Crippen LogP contribution in [0.3, 0.4) is 0 Å². The zero-order valence-corrected chi connectivity index (χ0v) is 19.9. The molecule has 178 valence electrons. The molecule has 0 radical (unpaired) electrons. The minimum atomic E-state index is -0.200. The van der Waals surface area contributed by atoms with Crippen molar-refractivity contribution in [3.8, 4) is 5.75 Å². The first-order valence-electron chi connectivity index (χ1n) is 11.4. The summed E-state index contributed by atoms with van der Waals surface area (Å²) in [5.74, 6) is 1.87. The molecule has 33 heavy (non-hydrogen) atoms. The molecule has 1 amide bonds. The lowest BCUT2D eigenvalue weighted by atomic mass is 9.77. The van der Waals surface area contributed by atoms with Gasteiger partial charge in [0.2, 0.25) is 5.91 Å². The number of anilines is 2. The van der Waals surface area contributed by atoms with Gasteiger partial charge in [-0.3, -0.25) is 14.9 Å². The van der Waals surface area contributed by atoms with Crippen molar-refractivity contribution in [3.63, 3.8) is 0 Å². The van der Waals surface area contributed by atoms with Crippen molar-refractivity contribution in [2.24, 2.45) is 12.5 Å². The predicted molar refractivity (Wildman–Crippen MR) is 128 cm³/mol. The van der Waals surface area contributed by atoms with E-state index in [-0.39, 0.29) is 23.1 Å². The third kappa shape index (κ3) is 4.42. The Morgan fingerprint density at radius 1 is 1.21 bits per heavy atom. The van der Waals surface area contributed by atoms with Crippen LogP contribution in [0.15, 0.2) is 24.3 Å². The van der Waals surface area contributed by atoms with E-state index in [1.54, 1.807) is 25.3 Å². The molecule has 1 atom stereocenters. The van der Waals surface area contributed by atoms with E-state index in [9.17, 15) is 4.79 Å². The van der Waals surface area contributed by atoms with E-state index in [4.69, 9.17) is 20.6 Å². The Morgan fingerprint density at radius 3 is 2.55 bits per heavy atom. The number of ether oxygens (including phenoxy) is 2. The minimum Gasteiger partial charge on any atom is -0.488 e. The predicted octanol–water partition coefficient (Wildman–Crippen LogP) is 2.28. The van der Waals surface area contributed by atoms with Crippen molar-refractivity contribution in [2.75, 3.05) is 51.0 Å². The van der Waals surface area contributed by atoms with Crippen LogP contribution in [0, 0.1) is 10.8 Å². The van der Waals surface area contributed by atoms with E-state index < -0.39 is 0 Å². The second kappa shape index (κ2) is 9.05. The maximum atomic E-state index is 12.6. The largest absolute Gasteiger partial charge is 0.488 e. The van der Waals surface area contributed by atoms with Crippen molar-refractivity contribution in [2.45, 2.75) is 32.3 Å². The van der Waals surface area contributed by atoms with Crippen LogP contribution in [-0.4, -0.2) is 72.8 Å². The number of nitrogens with zero attached hydrogens (tertiary/aromatic N) is 4. The molecule has 2 aliphatic heterocycles. The maximum absolute atomic E-state index is 12.6. The Morgan fingerprint density at radius 2 is 1.91 bits per heavy atom. The summed E-state index contributed by atoms with van der Waals surface area (Å²) in [6.45, 7) is 4.85. The highest BCUT2D eigenvalue weighted by Crippen LogP contribution is 2.42. The van der Waals surface area contributed by atoms with Crippen molar-refractivity contribution >= 4 is 23.1 Å². The molecule has 1 aromatic heterocycles. The first-order chi connectivity index (χ1) is 15.7. The Bertz CT molecular complexity index is 1040. The van der Waals surface area contributed by atoms with Gasteiger partial charge in [0.25, 0.3) is 0 Å². The Hall–Kier alpha value is -3.07. The summed E-state index contributed by atoms with van der Waals surface area (Å²) in [5, 5.41) is 13.4. The van der Waals surface area contributed by atoms with Crippen LogP contribution in [0.5, 0.6) is 5.75 Å². The monoisotopic (exact) mass is 454 g/mol. The van der Waals surface area contributed by atoms with Crippen LogP contribution < -0.4 is 15.4 Å². The summed E-state index contributed by atoms with van der Waals surface area (Å²) in [7, 11) is 5.42. The summed E-state index contributed by atoms with van der Waals surface area (Å²) in [5.41, 5.74) is 7.88. The minimum absolute atomic E-state index is 0.115. The molecule has 0 saturated carbocycles. The van der Waals surface area contributed by atoms with E-state index in [0.29, 0.717) is 29.3 Å². The molecule has 2 fully saturated rings. The molecule has 9 nitrogen and oxygen atoms in total. The zero-order chi connectivity index (χ0) is 23.8. The normalized spacial score (nSPS) is 18.7. The zero-order valence-electron chi connectivity index (χ0n) is 19.9. The van der Waals surface area contributed by atoms with E-state index in [2.05, 4.69) is 10.00 Å². The number of aromatic nitrogens is 2. The van der Waals surface area contributed by atoms with Crippen LogP contribution in [-0.2, 0) is 16.6 Å². The lowest BCUT2D eigenvalue weighted by molar-refractivity contribution is -0.135. The lowest BCUT2D eigenvalue weighted by Gasteiger charge is -2.38. The van der Waals surface area contributed by atoms with Crippen molar-refractivity contribution in [1.29, 1.82) is 5.41 Å². The van der Waals surface area contributed by atoms with E-state index >= 15 is 0 Å². The Balaban J connectivity index is 1.50. The van der Waals surface area contributed by atoms with Gasteiger partial charge in [-0.15, -0.1) is 0 Å². The van der Waals surface area contributed by atoms with Gasteiger partial charge in [0.15, 0.2) is 0 Å². The third-order valence-electron chi connectivity index (χ3n) is 6.91. The number of nitrogens with two attached hydrogens (primary N) is 1. The number of carbonyl (C=O) groups excluding carboxylic acids is 1. The molecule has 0 bridgehead atoms. The standard InChI is InChI=1S/C24H34N6O3/c1-16(15-32-4)33-17-5-6-19(25)18(13-17)22(26)20-14-21(29(3)27-20)30-11-8-24(9-12-30)7-10-28(2)23(24)31/h5-6,13-14,16,26H,7-12,15,25H2,1-4H3/t16-/m0/s1. The van der Waals surface area contributed by atoms with Gasteiger partial charge in [0.1, 0.15) is 23.4 Å². The number of piperidine rings is 1. The molecule has 2 aromatic rings. The second-order valence-electron chi connectivity index (χ2n) is 9.26. The number of nitrogen functional groups attached to an aromatic ring is 1. The number of hydrogen-bond donors (Lipinski definition) is 2. The molecule has 1 aromatic carbocycles. The highest BCUT2D eigenvalue weighted by atomic mass is 16.5. The summed E-state index contributed by atoms with van der Waals surface area (Å²) < 4.78 is 12.8. The number of hydrogen-bond acceptors (Lipinski definition) is 7. The number of amides is 1. The molecule has 2 saturated heterocycles. The molecule has 0 unspecified atom stereocenters. The average molecular weight is 455 g/mol. The molecule has 4 rings (SSSR count). The van der Waals surface area contributed by atoms with Gasteiger partial charge in [0, 0.05) is 58.2 Å². The quantitative estimate of drug-likeness (QED) is 0.491. The van der Waals surface area contributed by atoms with Gasteiger partial charge in [-0.1, -0.05) is 0 Å². The molecule has 3 heterocycles. The van der Waals surface area contributed by atoms with Crippen LogP contribution >= 0.6 is 0 Å². The van der Waals surface area contributed by atoms with Gasteiger partial charge in [-0.05, 0) is 44.4 Å². The first-order valence-corrected chi connectivity index (χ1v) is 11.4. The van der Waals surface area contributed by atoms with Crippen LogP contribution in [0.4, 0.5) is 11.5 Å². The summed E-state index contributed by atoms with van der Waals surface area (Å²) in [6.07, 6.45) is 2.52. The van der Waals surface area contributed by atoms with Crippen molar-refractivity contribution < 1.29 is 14.3 Å². The second-order valence-corrected chi connectivity index (χ2v) is 9.26. The fraction of sp³-hybridized carbons (Fsp3) is 0.542. The number of rotatable bonds is 7. The fourth-order valence-corrected chi connectivity index (χ4v) is 4.96. The van der Waals surface area contributed by atoms with Gasteiger partial charge >= 0.3 is 0 Å². The molecule has 0 aliphatic carbocycles. The third-order valence-corrected chi connectivity index (χ3v) is 6.91.